The predicted octanol–water partition coefficient (Wildman–Crippen LogP) is 1.78. The largest absolute Gasteiger partial charge is 0.381 e. The number of ether oxygens (including phenoxy) is 1. The first kappa shape index (κ1) is 16.4. The lowest BCUT2D eigenvalue weighted by Crippen LogP contribution is -2.29. The topological polar surface area (TPSA) is 55.6 Å². The van der Waals surface area contributed by atoms with Crippen LogP contribution < -0.4 is 5.73 Å². The summed E-state index contributed by atoms with van der Waals surface area (Å²) in [7, 11) is 1.82. The normalized spacial score (nSPS) is 10.5. The maximum atomic E-state index is 11.6. The lowest BCUT2D eigenvalue weighted by Gasteiger charge is -2.16. The van der Waals surface area contributed by atoms with Crippen LogP contribution in [-0.4, -0.2) is 44.2 Å². The SMILES string of the molecule is CCCCCCOCCC(=O)N(C)CCCN. The minimum atomic E-state index is 0.145. The quantitative estimate of drug-likeness (QED) is 0.564. The van der Waals surface area contributed by atoms with Crippen molar-refractivity contribution in [3.05, 3.63) is 0 Å². The summed E-state index contributed by atoms with van der Waals surface area (Å²) in [5, 5.41) is 0. The van der Waals surface area contributed by atoms with Crippen LogP contribution in [0.25, 0.3) is 0 Å². The van der Waals surface area contributed by atoms with E-state index in [9.17, 15) is 4.79 Å². The second-order valence-corrected chi connectivity index (χ2v) is 4.38. The molecule has 4 heteroatoms. The fraction of sp³-hybridized carbons (Fsp3) is 0.923. The molecule has 0 saturated carbocycles. The number of nitrogens with two attached hydrogens (primary N) is 1. The Morgan fingerprint density at radius 3 is 2.59 bits per heavy atom. The van der Waals surface area contributed by atoms with Crippen molar-refractivity contribution >= 4 is 5.91 Å². The van der Waals surface area contributed by atoms with Crippen molar-refractivity contribution in [2.45, 2.75) is 45.4 Å². The zero-order valence-corrected chi connectivity index (χ0v) is 11.4. The van der Waals surface area contributed by atoms with Crippen LogP contribution in [-0.2, 0) is 9.53 Å². The van der Waals surface area contributed by atoms with E-state index >= 15 is 0 Å². The van der Waals surface area contributed by atoms with Gasteiger partial charge in [-0.25, -0.2) is 0 Å². The van der Waals surface area contributed by atoms with E-state index in [4.69, 9.17) is 10.5 Å². The minimum absolute atomic E-state index is 0.145. The van der Waals surface area contributed by atoms with Crippen LogP contribution in [0.15, 0.2) is 0 Å². The van der Waals surface area contributed by atoms with Crippen LogP contribution in [0.4, 0.5) is 0 Å². The molecule has 0 aromatic heterocycles. The van der Waals surface area contributed by atoms with Crippen LogP contribution in [0.1, 0.15) is 45.4 Å². The number of carbonyl (C=O) groups is 1. The van der Waals surface area contributed by atoms with Gasteiger partial charge in [0.25, 0.3) is 0 Å². The number of hydrogen-bond donors (Lipinski definition) is 1. The van der Waals surface area contributed by atoms with Gasteiger partial charge in [0.15, 0.2) is 0 Å². The number of hydrogen-bond acceptors (Lipinski definition) is 3. The molecule has 0 heterocycles. The molecule has 0 rings (SSSR count). The van der Waals surface area contributed by atoms with E-state index in [1.165, 1.54) is 19.3 Å². The molecule has 2 N–H and O–H groups in total. The van der Waals surface area contributed by atoms with E-state index in [2.05, 4.69) is 6.92 Å². The summed E-state index contributed by atoms with van der Waals surface area (Å²) in [4.78, 5) is 13.3. The molecular formula is C13H28N2O2. The average molecular weight is 244 g/mol. The first-order valence-corrected chi connectivity index (χ1v) is 6.74. The second-order valence-electron chi connectivity index (χ2n) is 4.38. The molecule has 0 spiro atoms. The Bertz CT molecular complexity index is 186. The lowest BCUT2D eigenvalue weighted by atomic mass is 10.2. The molecule has 0 aliphatic rings. The van der Waals surface area contributed by atoms with Gasteiger partial charge in [-0.1, -0.05) is 26.2 Å². The molecule has 0 aliphatic carbocycles. The van der Waals surface area contributed by atoms with Crippen LogP contribution in [0.3, 0.4) is 0 Å². The third-order valence-electron chi connectivity index (χ3n) is 2.73. The van der Waals surface area contributed by atoms with Gasteiger partial charge >= 0.3 is 0 Å². The predicted molar refractivity (Wildman–Crippen MR) is 70.9 cm³/mol. The molecule has 0 aromatic rings. The third kappa shape index (κ3) is 10.3. The van der Waals surface area contributed by atoms with Gasteiger partial charge in [-0.3, -0.25) is 4.79 Å². The van der Waals surface area contributed by atoms with Gasteiger partial charge in [0.1, 0.15) is 0 Å². The first-order chi connectivity index (χ1) is 8.22. The summed E-state index contributed by atoms with van der Waals surface area (Å²) in [5.74, 6) is 0.145. The van der Waals surface area contributed by atoms with Crippen LogP contribution >= 0.6 is 0 Å². The summed E-state index contributed by atoms with van der Waals surface area (Å²) >= 11 is 0. The Morgan fingerprint density at radius 2 is 1.94 bits per heavy atom. The van der Waals surface area contributed by atoms with Crippen LogP contribution in [0.2, 0.25) is 0 Å². The summed E-state index contributed by atoms with van der Waals surface area (Å²) in [6.07, 6.45) is 6.18. The molecule has 17 heavy (non-hydrogen) atoms. The van der Waals surface area contributed by atoms with E-state index in [1.54, 1.807) is 4.90 Å². The van der Waals surface area contributed by atoms with E-state index in [0.717, 1.165) is 26.0 Å². The molecule has 4 nitrogen and oxygen atoms in total. The van der Waals surface area contributed by atoms with Crippen molar-refractivity contribution in [1.82, 2.24) is 4.90 Å². The molecule has 0 bridgehead atoms. The third-order valence-corrected chi connectivity index (χ3v) is 2.73. The van der Waals surface area contributed by atoms with Crippen molar-refractivity contribution in [3.63, 3.8) is 0 Å². The van der Waals surface area contributed by atoms with E-state index in [1.807, 2.05) is 7.05 Å². The monoisotopic (exact) mass is 244 g/mol. The van der Waals surface area contributed by atoms with E-state index in [-0.39, 0.29) is 5.91 Å². The molecule has 0 radical (unpaired) electrons. The number of unbranched alkanes of at least 4 members (excludes halogenated alkanes) is 3. The summed E-state index contributed by atoms with van der Waals surface area (Å²) in [6, 6.07) is 0. The van der Waals surface area contributed by atoms with Crippen LogP contribution in [0, 0.1) is 0 Å². The molecule has 0 aliphatic heterocycles. The maximum Gasteiger partial charge on any atom is 0.224 e. The highest BCUT2D eigenvalue weighted by Gasteiger charge is 2.07. The molecule has 1 amide bonds. The molecular weight excluding hydrogens is 216 g/mol. The van der Waals surface area contributed by atoms with Crippen molar-refractivity contribution in [3.8, 4) is 0 Å². The fourth-order valence-electron chi connectivity index (χ4n) is 1.54. The van der Waals surface area contributed by atoms with Crippen molar-refractivity contribution in [2.24, 2.45) is 5.73 Å². The molecule has 0 saturated heterocycles. The van der Waals surface area contributed by atoms with Gasteiger partial charge in [0, 0.05) is 20.2 Å². The van der Waals surface area contributed by atoms with Gasteiger partial charge < -0.3 is 15.4 Å². The Balaban J connectivity index is 3.32. The lowest BCUT2D eigenvalue weighted by molar-refractivity contribution is -0.131. The standard InChI is InChI=1S/C13H28N2O2/c1-3-4-5-6-11-17-12-8-13(16)15(2)10-7-9-14/h3-12,14H2,1-2H3. The van der Waals surface area contributed by atoms with Gasteiger partial charge in [-0.05, 0) is 19.4 Å². The van der Waals surface area contributed by atoms with Crippen molar-refractivity contribution in [1.29, 1.82) is 0 Å². The second kappa shape index (κ2) is 11.9. The zero-order chi connectivity index (χ0) is 12.9. The highest BCUT2D eigenvalue weighted by Crippen LogP contribution is 1.99. The minimum Gasteiger partial charge on any atom is -0.381 e. The van der Waals surface area contributed by atoms with Gasteiger partial charge in [0.05, 0.1) is 13.0 Å². The highest BCUT2D eigenvalue weighted by atomic mass is 16.5. The summed E-state index contributed by atoms with van der Waals surface area (Å²) in [5.41, 5.74) is 5.39. The highest BCUT2D eigenvalue weighted by molar-refractivity contribution is 5.75. The number of rotatable bonds is 11. The molecule has 0 atom stereocenters. The van der Waals surface area contributed by atoms with Gasteiger partial charge in [0.2, 0.25) is 5.91 Å². The molecule has 0 aromatic carbocycles. The van der Waals surface area contributed by atoms with Gasteiger partial charge in [-0.2, -0.15) is 0 Å². The Kier molecular flexibility index (Phi) is 11.4. The van der Waals surface area contributed by atoms with Gasteiger partial charge in [-0.15, -0.1) is 0 Å². The fourth-order valence-corrected chi connectivity index (χ4v) is 1.54. The maximum absolute atomic E-state index is 11.6. The number of amides is 1. The van der Waals surface area contributed by atoms with Crippen LogP contribution in [0.5, 0.6) is 0 Å². The molecule has 0 fully saturated rings. The summed E-state index contributed by atoms with van der Waals surface area (Å²) in [6.45, 7) is 4.88. The molecule has 102 valence electrons. The number of carbonyl (C=O) groups excluding carboxylic acids is 1. The Labute approximate surface area is 105 Å². The van der Waals surface area contributed by atoms with E-state index < -0.39 is 0 Å². The summed E-state index contributed by atoms with van der Waals surface area (Å²) < 4.78 is 5.43. The Hall–Kier alpha value is -0.610. The van der Waals surface area contributed by atoms with Crippen molar-refractivity contribution in [2.75, 3.05) is 33.4 Å². The van der Waals surface area contributed by atoms with Crippen molar-refractivity contribution < 1.29 is 9.53 Å². The van der Waals surface area contributed by atoms with E-state index in [0.29, 0.717) is 19.6 Å². The number of nitrogens with zero attached hydrogens (tertiary/aromatic N) is 1. The zero-order valence-electron chi connectivity index (χ0n) is 11.4. The molecule has 0 unspecified atom stereocenters. The Morgan fingerprint density at radius 1 is 1.18 bits per heavy atom. The first-order valence-electron chi connectivity index (χ1n) is 6.74. The average Bonchev–Trinajstić information content (AvgIpc) is 2.34. The smallest absolute Gasteiger partial charge is 0.224 e.